The van der Waals surface area contributed by atoms with Crippen LogP contribution in [0.1, 0.15) is 53.1 Å². The molecule has 2 amide bonds. The number of piperazine rings is 1. The van der Waals surface area contributed by atoms with Crippen molar-refractivity contribution in [3.8, 4) is 0 Å². The lowest BCUT2D eigenvalue weighted by Gasteiger charge is -2.36. The van der Waals surface area contributed by atoms with Gasteiger partial charge < -0.3 is 9.80 Å². The first-order chi connectivity index (χ1) is 18.0. The number of rotatable bonds is 5. The summed E-state index contributed by atoms with van der Waals surface area (Å²) in [5.41, 5.74) is 2.87. The van der Waals surface area contributed by atoms with Gasteiger partial charge in [-0.15, -0.1) is 0 Å². The van der Waals surface area contributed by atoms with Crippen molar-refractivity contribution >= 4 is 23.7 Å². The fourth-order valence-electron chi connectivity index (χ4n) is 6.60. The number of hydrogen-bond donors (Lipinski definition) is 0. The number of benzene rings is 2. The average Bonchev–Trinajstić information content (AvgIpc) is 3.53. The van der Waals surface area contributed by atoms with E-state index in [1.54, 1.807) is 0 Å². The maximum Gasteiger partial charge on any atom is 0.230 e. The number of piperidine rings is 1. The van der Waals surface area contributed by atoms with Crippen molar-refractivity contribution in [1.29, 1.82) is 0 Å². The van der Waals surface area contributed by atoms with Crippen LogP contribution in [0.5, 0.6) is 0 Å². The van der Waals surface area contributed by atoms with Crippen LogP contribution in [0.15, 0.2) is 60.7 Å². The summed E-state index contributed by atoms with van der Waals surface area (Å²) in [4.78, 5) is 45.4. The standard InChI is InChI=1S/C31H35N3O3/c35-28-21-26(24-10-4-5-11-25(24)28)29(36)33-15-12-31(13-16-33)22-27(31)30(37)34-19-17-32(18-20-34)14-6-9-23-7-2-1-3-8-23/h1-11,26-27H,12-22H2/b9-6+/t26-,27+/m1/s1. The summed E-state index contributed by atoms with van der Waals surface area (Å²) >= 11 is 0. The van der Waals surface area contributed by atoms with Gasteiger partial charge in [0.05, 0.1) is 5.92 Å². The van der Waals surface area contributed by atoms with Crippen LogP contribution in [0.2, 0.25) is 0 Å². The van der Waals surface area contributed by atoms with Gasteiger partial charge in [-0.1, -0.05) is 66.7 Å². The SMILES string of the molecule is O=C1C[C@@H](C(=O)N2CCC3(CC2)C[C@H]3C(=O)N2CCN(C/C=C/c3ccccc3)CC2)c2ccccc21. The second kappa shape index (κ2) is 9.90. The van der Waals surface area contributed by atoms with Crippen molar-refractivity contribution in [3.63, 3.8) is 0 Å². The molecule has 6 nitrogen and oxygen atoms in total. The normalized spacial score (nSPS) is 25.0. The molecule has 192 valence electrons. The minimum Gasteiger partial charge on any atom is -0.342 e. The maximum absolute atomic E-state index is 13.3. The molecule has 1 saturated carbocycles. The number of amides is 2. The summed E-state index contributed by atoms with van der Waals surface area (Å²) in [6, 6.07) is 17.9. The second-order valence-electron chi connectivity index (χ2n) is 11.2. The highest BCUT2D eigenvalue weighted by Gasteiger charge is 2.59. The smallest absolute Gasteiger partial charge is 0.230 e. The van der Waals surface area contributed by atoms with Gasteiger partial charge in [0.2, 0.25) is 11.8 Å². The Hall–Kier alpha value is -3.25. The highest BCUT2D eigenvalue weighted by atomic mass is 16.2. The summed E-state index contributed by atoms with van der Waals surface area (Å²) in [6.07, 6.45) is 7.39. The van der Waals surface area contributed by atoms with Crippen LogP contribution in [0.4, 0.5) is 0 Å². The zero-order valence-electron chi connectivity index (χ0n) is 21.4. The highest BCUT2D eigenvalue weighted by Crippen LogP contribution is 2.60. The lowest BCUT2D eigenvalue weighted by molar-refractivity contribution is -0.136. The van der Waals surface area contributed by atoms with Gasteiger partial charge >= 0.3 is 0 Å². The van der Waals surface area contributed by atoms with E-state index in [2.05, 4.69) is 34.1 Å². The average molecular weight is 498 g/mol. The van der Waals surface area contributed by atoms with Crippen LogP contribution in [0.3, 0.4) is 0 Å². The first-order valence-corrected chi connectivity index (χ1v) is 13.7. The summed E-state index contributed by atoms with van der Waals surface area (Å²) < 4.78 is 0. The van der Waals surface area contributed by atoms with Gasteiger partial charge in [-0.2, -0.15) is 0 Å². The van der Waals surface area contributed by atoms with Gasteiger partial charge in [0.15, 0.2) is 5.78 Å². The molecule has 2 aromatic rings. The molecular weight excluding hydrogens is 462 g/mol. The largest absolute Gasteiger partial charge is 0.342 e. The molecule has 2 saturated heterocycles. The Morgan fingerprint density at radius 1 is 0.838 bits per heavy atom. The number of carbonyl (C=O) groups is 3. The topological polar surface area (TPSA) is 60.9 Å². The minimum absolute atomic E-state index is 0.0718. The molecule has 2 heterocycles. The fraction of sp³-hybridized carbons (Fsp3) is 0.452. The molecule has 2 atom stereocenters. The lowest BCUT2D eigenvalue weighted by atomic mass is 9.89. The Labute approximate surface area is 218 Å². The van der Waals surface area contributed by atoms with Crippen molar-refractivity contribution in [2.45, 2.75) is 31.6 Å². The van der Waals surface area contributed by atoms with E-state index in [1.807, 2.05) is 47.4 Å². The minimum atomic E-state index is -0.340. The zero-order valence-corrected chi connectivity index (χ0v) is 21.4. The summed E-state index contributed by atoms with van der Waals surface area (Å²) in [7, 11) is 0. The highest BCUT2D eigenvalue weighted by molar-refractivity contribution is 6.06. The van der Waals surface area contributed by atoms with Crippen LogP contribution in [0, 0.1) is 11.3 Å². The molecule has 0 radical (unpaired) electrons. The van der Waals surface area contributed by atoms with Gasteiger partial charge in [-0.05, 0) is 35.8 Å². The molecule has 2 aliphatic carbocycles. The first-order valence-electron chi connectivity index (χ1n) is 13.7. The molecule has 37 heavy (non-hydrogen) atoms. The molecule has 2 aromatic carbocycles. The fourth-order valence-corrected chi connectivity index (χ4v) is 6.60. The maximum atomic E-state index is 13.3. The quantitative estimate of drug-likeness (QED) is 0.630. The third kappa shape index (κ3) is 4.75. The van der Waals surface area contributed by atoms with E-state index in [0.29, 0.717) is 24.6 Å². The predicted octanol–water partition coefficient (Wildman–Crippen LogP) is 3.84. The molecule has 1 spiro atoms. The molecule has 6 rings (SSSR count). The Kier molecular flexibility index (Phi) is 6.45. The number of nitrogens with zero attached hydrogens (tertiary/aromatic N) is 3. The molecule has 0 bridgehead atoms. The zero-order chi connectivity index (χ0) is 25.4. The van der Waals surface area contributed by atoms with Crippen molar-refractivity contribution in [3.05, 3.63) is 77.4 Å². The molecule has 0 aromatic heterocycles. The molecule has 2 aliphatic heterocycles. The Balaban J connectivity index is 0.970. The van der Waals surface area contributed by atoms with Gasteiger partial charge in [0.25, 0.3) is 0 Å². The summed E-state index contributed by atoms with van der Waals surface area (Å²) in [6.45, 7) is 5.71. The molecule has 0 unspecified atom stereocenters. The number of ketones is 1. The van der Waals surface area contributed by atoms with Crippen molar-refractivity contribution in [2.75, 3.05) is 45.8 Å². The van der Waals surface area contributed by atoms with Gasteiger partial charge in [0.1, 0.15) is 0 Å². The van der Waals surface area contributed by atoms with E-state index < -0.39 is 0 Å². The molecule has 6 heteroatoms. The van der Waals surface area contributed by atoms with Crippen molar-refractivity contribution < 1.29 is 14.4 Å². The molecule has 4 aliphatic rings. The third-order valence-electron chi connectivity index (χ3n) is 9.04. The molecule has 3 fully saturated rings. The second-order valence-corrected chi connectivity index (χ2v) is 11.2. The van der Waals surface area contributed by atoms with E-state index in [1.165, 1.54) is 5.56 Å². The number of Topliss-reactive ketones (excluding diaryl/α,β-unsaturated/α-hetero) is 1. The van der Waals surface area contributed by atoms with Crippen molar-refractivity contribution in [1.82, 2.24) is 14.7 Å². The Morgan fingerprint density at radius 3 is 2.27 bits per heavy atom. The Bertz CT molecular complexity index is 1210. The summed E-state index contributed by atoms with van der Waals surface area (Å²) in [5.74, 6) is 0.238. The molecule has 0 N–H and O–H groups in total. The van der Waals surface area contributed by atoms with Crippen LogP contribution >= 0.6 is 0 Å². The van der Waals surface area contributed by atoms with Gasteiger partial charge in [-0.25, -0.2) is 0 Å². The number of likely N-dealkylation sites (tertiary alicyclic amines) is 1. The predicted molar refractivity (Wildman–Crippen MR) is 143 cm³/mol. The lowest BCUT2D eigenvalue weighted by Crippen LogP contribution is -2.50. The van der Waals surface area contributed by atoms with Crippen LogP contribution < -0.4 is 0 Å². The van der Waals surface area contributed by atoms with E-state index >= 15 is 0 Å². The monoisotopic (exact) mass is 497 g/mol. The van der Waals surface area contributed by atoms with E-state index in [4.69, 9.17) is 0 Å². The van der Waals surface area contributed by atoms with Crippen LogP contribution in [0.25, 0.3) is 6.08 Å². The van der Waals surface area contributed by atoms with Gasteiger partial charge in [0, 0.05) is 63.7 Å². The van der Waals surface area contributed by atoms with E-state index in [-0.39, 0.29) is 35.4 Å². The van der Waals surface area contributed by atoms with E-state index in [9.17, 15) is 14.4 Å². The first kappa shape index (κ1) is 24.1. The Morgan fingerprint density at radius 2 is 1.51 bits per heavy atom. The number of fused-ring (bicyclic) bond motifs is 1. The number of hydrogen-bond acceptors (Lipinski definition) is 4. The van der Waals surface area contributed by atoms with Crippen LogP contribution in [-0.4, -0.2) is 78.1 Å². The van der Waals surface area contributed by atoms with Crippen molar-refractivity contribution in [2.24, 2.45) is 11.3 Å². The summed E-state index contributed by atoms with van der Waals surface area (Å²) in [5, 5.41) is 0. The van der Waals surface area contributed by atoms with Gasteiger partial charge in [-0.3, -0.25) is 19.3 Å². The third-order valence-corrected chi connectivity index (χ3v) is 9.04. The van der Waals surface area contributed by atoms with Crippen LogP contribution in [-0.2, 0) is 9.59 Å². The number of carbonyl (C=O) groups excluding carboxylic acids is 3. The molecular formula is C31H35N3O3. The van der Waals surface area contributed by atoms with E-state index in [0.717, 1.165) is 57.5 Å².